The van der Waals surface area contributed by atoms with Crippen molar-refractivity contribution in [2.45, 2.75) is 46.3 Å². The van der Waals surface area contributed by atoms with E-state index in [1.165, 1.54) is 10.1 Å². The van der Waals surface area contributed by atoms with Crippen molar-refractivity contribution in [3.8, 4) is 0 Å². The van der Waals surface area contributed by atoms with Gasteiger partial charge in [0.25, 0.3) is 5.56 Å². The van der Waals surface area contributed by atoms with E-state index in [-0.39, 0.29) is 12.3 Å². The Balaban J connectivity index is 2.44. The number of hydrogen-bond donors (Lipinski definition) is 1. The van der Waals surface area contributed by atoms with Gasteiger partial charge in [0, 0.05) is 24.3 Å². The highest BCUT2D eigenvalue weighted by Crippen LogP contribution is 2.14. The summed E-state index contributed by atoms with van der Waals surface area (Å²) in [5.74, 6) is 0. The quantitative estimate of drug-likeness (QED) is 0.713. The SMILES string of the molecule is C=CCCc1cccc(Cc2c(CC)c(=O)[nH]c(=O)n2COCC)c1. The second kappa shape index (κ2) is 9.18. The highest BCUT2D eigenvalue weighted by Gasteiger charge is 2.14. The van der Waals surface area contributed by atoms with Crippen LogP contribution in [0.25, 0.3) is 0 Å². The first-order valence-corrected chi connectivity index (χ1v) is 8.72. The number of benzene rings is 1. The van der Waals surface area contributed by atoms with E-state index < -0.39 is 5.69 Å². The van der Waals surface area contributed by atoms with Gasteiger partial charge < -0.3 is 4.74 Å². The lowest BCUT2D eigenvalue weighted by Crippen LogP contribution is -2.36. The first kappa shape index (κ1) is 18.9. The molecule has 0 fully saturated rings. The Kier molecular flexibility index (Phi) is 6.95. The third-order valence-electron chi connectivity index (χ3n) is 4.19. The summed E-state index contributed by atoms with van der Waals surface area (Å²) < 4.78 is 6.95. The number of aryl methyl sites for hydroxylation is 1. The molecule has 0 aliphatic rings. The Bertz CT molecular complexity index is 834. The molecule has 0 saturated heterocycles. The number of H-pyrrole nitrogens is 1. The molecule has 134 valence electrons. The van der Waals surface area contributed by atoms with Gasteiger partial charge in [-0.1, -0.05) is 37.3 Å². The summed E-state index contributed by atoms with van der Waals surface area (Å²) in [5.41, 5.74) is 2.93. The van der Waals surface area contributed by atoms with Crippen molar-refractivity contribution in [2.24, 2.45) is 0 Å². The molecule has 5 nitrogen and oxygen atoms in total. The standard InChI is InChI=1S/C20H26N2O3/c1-4-7-9-15-10-8-11-16(12-15)13-18-17(5-2)19(23)21-20(24)22(18)14-25-6-3/h4,8,10-12H,1,5-7,9,13-14H2,2-3H3,(H,21,23,24). The third kappa shape index (κ3) is 4.79. The smallest absolute Gasteiger partial charge is 0.330 e. The van der Waals surface area contributed by atoms with Gasteiger partial charge in [0.15, 0.2) is 0 Å². The number of nitrogens with one attached hydrogen (secondary N) is 1. The van der Waals surface area contributed by atoms with Gasteiger partial charge in [-0.05, 0) is 37.3 Å². The molecule has 0 radical (unpaired) electrons. The zero-order chi connectivity index (χ0) is 18.2. The minimum absolute atomic E-state index is 0.143. The minimum Gasteiger partial charge on any atom is -0.361 e. The number of allylic oxidation sites excluding steroid dienone is 1. The Labute approximate surface area is 148 Å². The molecule has 0 aliphatic carbocycles. The van der Waals surface area contributed by atoms with Crippen molar-refractivity contribution in [3.63, 3.8) is 0 Å². The topological polar surface area (TPSA) is 64.1 Å². The van der Waals surface area contributed by atoms with Crippen molar-refractivity contribution in [1.82, 2.24) is 9.55 Å². The summed E-state index contributed by atoms with van der Waals surface area (Å²) in [6.45, 7) is 8.20. The lowest BCUT2D eigenvalue weighted by molar-refractivity contribution is 0.0822. The zero-order valence-corrected chi connectivity index (χ0v) is 15.0. The summed E-state index contributed by atoms with van der Waals surface area (Å²) in [4.78, 5) is 26.8. The van der Waals surface area contributed by atoms with E-state index in [1.807, 2.05) is 32.1 Å². The van der Waals surface area contributed by atoms with Crippen LogP contribution in [0.2, 0.25) is 0 Å². The van der Waals surface area contributed by atoms with Crippen molar-refractivity contribution in [2.75, 3.05) is 6.61 Å². The summed E-state index contributed by atoms with van der Waals surface area (Å²) in [7, 11) is 0. The Morgan fingerprint density at radius 1 is 1.24 bits per heavy atom. The highest BCUT2D eigenvalue weighted by atomic mass is 16.5. The van der Waals surface area contributed by atoms with E-state index in [2.05, 4.69) is 23.7 Å². The summed E-state index contributed by atoms with van der Waals surface area (Å²) in [5, 5.41) is 0. The van der Waals surface area contributed by atoms with Crippen molar-refractivity contribution in [1.29, 1.82) is 0 Å². The Hall–Kier alpha value is -2.40. The van der Waals surface area contributed by atoms with Crippen LogP contribution in [0, 0.1) is 0 Å². The van der Waals surface area contributed by atoms with Gasteiger partial charge in [-0.15, -0.1) is 6.58 Å². The number of aromatic amines is 1. The average Bonchev–Trinajstić information content (AvgIpc) is 2.60. The molecule has 2 aromatic rings. The number of nitrogens with zero attached hydrogens (tertiary/aromatic N) is 1. The van der Waals surface area contributed by atoms with Crippen LogP contribution in [-0.4, -0.2) is 16.2 Å². The predicted octanol–water partition coefficient (Wildman–Crippen LogP) is 2.80. The fourth-order valence-electron chi connectivity index (χ4n) is 2.90. The second-order valence-corrected chi connectivity index (χ2v) is 5.91. The fraction of sp³-hybridized carbons (Fsp3) is 0.400. The van der Waals surface area contributed by atoms with Crippen LogP contribution in [-0.2, 0) is 30.7 Å². The molecule has 2 rings (SSSR count). The molecular weight excluding hydrogens is 316 g/mol. The number of aromatic nitrogens is 2. The largest absolute Gasteiger partial charge is 0.361 e. The molecule has 1 N–H and O–H groups in total. The summed E-state index contributed by atoms with van der Waals surface area (Å²) >= 11 is 0. The minimum atomic E-state index is -0.423. The molecule has 5 heteroatoms. The van der Waals surface area contributed by atoms with Crippen LogP contribution in [0.3, 0.4) is 0 Å². The van der Waals surface area contributed by atoms with Gasteiger partial charge in [0.05, 0.1) is 0 Å². The molecule has 25 heavy (non-hydrogen) atoms. The van der Waals surface area contributed by atoms with Gasteiger partial charge in [0.1, 0.15) is 6.73 Å². The molecule has 0 spiro atoms. The number of rotatable bonds is 9. The third-order valence-corrected chi connectivity index (χ3v) is 4.19. The van der Waals surface area contributed by atoms with Gasteiger partial charge in [-0.2, -0.15) is 0 Å². The van der Waals surface area contributed by atoms with Crippen molar-refractivity contribution < 1.29 is 4.74 Å². The predicted molar refractivity (Wildman–Crippen MR) is 100 cm³/mol. The maximum absolute atomic E-state index is 12.2. The van der Waals surface area contributed by atoms with Crippen LogP contribution in [0.1, 0.15) is 42.7 Å². The van der Waals surface area contributed by atoms with E-state index >= 15 is 0 Å². The molecular formula is C20H26N2O3. The second-order valence-electron chi connectivity index (χ2n) is 5.91. The lowest BCUT2D eigenvalue weighted by Gasteiger charge is -2.16. The molecule has 0 aliphatic heterocycles. The summed E-state index contributed by atoms with van der Waals surface area (Å²) in [6, 6.07) is 8.24. The average molecular weight is 342 g/mol. The van der Waals surface area contributed by atoms with Crippen LogP contribution in [0.5, 0.6) is 0 Å². The maximum Gasteiger partial charge on any atom is 0.330 e. The molecule has 1 aromatic carbocycles. The first-order chi connectivity index (χ1) is 12.1. The van der Waals surface area contributed by atoms with Crippen molar-refractivity contribution in [3.05, 3.63) is 80.1 Å². The van der Waals surface area contributed by atoms with E-state index in [0.717, 1.165) is 24.1 Å². The summed E-state index contributed by atoms with van der Waals surface area (Å²) in [6.07, 6.45) is 4.84. The van der Waals surface area contributed by atoms with E-state index in [0.29, 0.717) is 25.0 Å². The monoisotopic (exact) mass is 342 g/mol. The molecule has 0 atom stereocenters. The first-order valence-electron chi connectivity index (χ1n) is 8.72. The molecule has 0 bridgehead atoms. The number of ether oxygens (including phenoxy) is 1. The molecule has 0 amide bonds. The van der Waals surface area contributed by atoms with E-state index in [1.54, 1.807) is 0 Å². The number of hydrogen-bond acceptors (Lipinski definition) is 3. The maximum atomic E-state index is 12.2. The zero-order valence-electron chi connectivity index (χ0n) is 15.0. The molecule has 0 saturated carbocycles. The van der Waals surface area contributed by atoms with Gasteiger partial charge in [-0.3, -0.25) is 14.3 Å². The van der Waals surface area contributed by atoms with Crippen molar-refractivity contribution >= 4 is 0 Å². The fourth-order valence-corrected chi connectivity index (χ4v) is 2.90. The van der Waals surface area contributed by atoms with E-state index in [9.17, 15) is 9.59 Å². The van der Waals surface area contributed by atoms with Gasteiger partial charge in [-0.25, -0.2) is 4.79 Å². The van der Waals surface area contributed by atoms with Crippen LogP contribution < -0.4 is 11.2 Å². The molecule has 1 heterocycles. The Morgan fingerprint density at radius 3 is 2.68 bits per heavy atom. The van der Waals surface area contributed by atoms with Crippen LogP contribution in [0.15, 0.2) is 46.5 Å². The normalized spacial score (nSPS) is 10.8. The molecule has 0 unspecified atom stereocenters. The molecule has 1 aromatic heterocycles. The Morgan fingerprint density at radius 2 is 2.00 bits per heavy atom. The van der Waals surface area contributed by atoms with Gasteiger partial charge in [0.2, 0.25) is 0 Å². The van der Waals surface area contributed by atoms with Gasteiger partial charge >= 0.3 is 5.69 Å². The lowest BCUT2D eigenvalue weighted by atomic mass is 10.0. The van der Waals surface area contributed by atoms with E-state index in [4.69, 9.17) is 4.74 Å². The van der Waals surface area contributed by atoms with Crippen LogP contribution in [0.4, 0.5) is 0 Å². The highest BCUT2D eigenvalue weighted by molar-refractivity contribution is 5.30. The van der Waals surface area contributed by atoms with Crippen LogP contribution >= 0.6 is 0 Å².